The van der Waals surface area contributed by atoms with Crippen LogP contribution >= 0.6 is 0 Å². The van der Waals surface area contributed by atoms with Gasteiger partial charge in [0.15, 0.2) is 16.6 Å². The van der Waals surface area contributed by atoms with Crippen LogP contribution in [0.25, 0.3) is 0 Å². The van der Waals surface area contributed by atoms with Gasteiger partial charge in [0.05, 0.1) is 6.10 Å². The molecule has 6 atom stereocenters. The van der Waals surface area contributed by atoms with Crippen LogP contribution < -0.4 is 0 Å². The molecule has 2 aliphatic carbocycles. The van der Waals surface area contributed by atoms with Gasteiger partial charge in [0.2, 0.25) is 0 Å². The number of hydrogen-bond donors (Lipinski definition) is 0. The molecule has 39 heavy (non-hydrogen) atoms. The SMILES string of the molecule is CC#CCC(C)[C@@H](/C=C/[C@@H]1[C@H]2C/C(=C/CCCCO[Si](C)(C)C(C)(C)C)C[C@H]2C[C@H]1C)O[Si](C)(C)C(C)(C)C. The van der Waals surface area contributed by atoms with Crippen molar-refractivity contribution in [2.24, 2.45) is 29.6 Å². The van der Waals surface area contributed by atoms with E-state index in [-0.39, 0.29) is 11.1 Å². The van der Waals surface area contributed by atoms with Crippen LogP contribution in [0.3, 0.4) is 0 Å². The zero-order chi connectivity index (χ0) is 29.6. The molecule has 0 N–H and O–H groups in total. The summed E-state index contributed by atoms with van der Waals surface area (Å²) in [5.74, 6) is 9.94. The van der Waals surface area contributed by atoms with Crippen molar-refractivity contribution in [3.63, 3.8) is 0 Å². The van der Waals surface area contributed by atoms with Gasteiger partial charge < -0.3 is 8.85 Å². The van der Waals surface area contributed by atoms with Crippen LogP contribution in [0.1, 0.15) is 107 Å². The van der Waals surface area contributed by atoms with E-state index in [1.54, 1.807) is 5.57 Å². The summed E-state index contributed by atoms with van der Waals surface area (Å²) >= 11 is 0. The molecule has 0 saturated heterocycles. The maximum absolute atomic E-state index is 6.98. The highest BCUT2D eigenvalue weighted by Gasteiger charge is 2.44. The van der Waals surface area contributed by atoms with E-state index in [1.165, 1.54) is 38.5 Å². The first-order chi connectivity index (χ1) is 17.9. The van der Waals surface area contributed by atoms with E-state index in [2.05, 4.69) is 112 Å². The summed E-state index contributed by atoms with van der Waals surface area (Å²) in [6, 6.07) is 0. The zero-order valence-electron chi connectivity index (χ0n) is 28.2. The number of allylic oxidation sites excluding steroid dienone is 3. The number of unbranched alkanes of at least 4 members (excludes halogenated alkanes) is 2. The van der Waals surface area contributed by atoms with Gasteiger partial charge in [0.25, 0.3) is 0 Å². The molecule has 0 aromatic carbocycles. The number of rotatable bonds is 12. The highest BCUT2D eigenvalue weighted by molar-refractivity contribution is 6.74. The van der Waals surface area contributed by atoms with Gasteiger partial charge in [-0.3, -0.25) is 0 Å². The van der Waals surface area contributed by atoms with Crippen molar-refractivity contribution in [2.75, 3.05) is 6.61 Å². The molecule has 0 radical (unpaired) electrons. The lowest BCUT2D eigenvalue weighted by molar-refractivity contribution is 0.169. The molecule has 2 nitrogen and oxygen atoms in total. The number of hydrogen-bond acceptors (Lipinski definition) is 2. The van der Waals surface area contributed by atoms with Gasteiger partial charge in [0.1, 0.15) is 0 Å². The summed E-state index contributed by atoms with van der Waals surface area (Å²) in [4.78, 5) is 0. The average Bonchev–Trinajstić information content (AvgIpc) is 3.31. The second-order valence-electron chi connectivity index (χ2n) is 15.9. The Labute approximate surface area is 246 Å². The molecular formula is C35H64O2Si2. The molecule has 2 fully saturated rings. The Balaban J connectivity index is 1.98. The summed E-state index contributed by atoms with van der Waals surface area (Å²) in [5, 5.41) is 0.514. The third-order valence-electron chi connectivity index (χ3n) is 10.7. The Morgan fingerprint density at radius 3 is 2.21 bits per heavy atom. The minimum Gasteiger partial charge on any atom is -0.417 e. The van der Waals surface area contributed by atoms with Crippen molar-refractivity contribution < 1.29 is 8.85 Å². The second kappa shape index (κ2) is 14.0. The van der Waals surface area contributed by atoms with Crippen LogP contribution in [0, 0.1) is 41.4 Å². The minimum atomic E-state index is -1.86. The van der Waals surface area contributed by atoms with E-state index in [4.69, 9.17) is 8.85 Å². The Morgan fingerprint density at radius 2 is 1.62 bits per heavy atom. The first-order valence-electron chi connectivity index (χ1n) is 16.0. The number of fused-ring (bicyclic) bond motifs is 1. The molecule has 0 bridgehead atoms. The van der Waals surface area contributed by atoms with Crippen molar-refractivity contribution in [1.82, 2.24) is 0 Å². The topological polar surface area (TPSA) is 18.5 Å². The zero-order valence-corrected chi connectivity index (χ0v) is 30.2. The van der Waals surface area contributed by atoms with E-state index < -0.39 is 16.6 Å². The van der Waals surface area contributed by atoms with Gasteiger partial charge in [-0.2, -0.15) is 0 Å². The van der Waals surface area contributed by atoms with Crippen molar-refractivity contribution in [3.8, 4) is 11.8 Å². The standard InChI is InChI=1S/C35H64O2Si2/c1-14-15-19-27(2)33(37-39(12,13)35(7,8)9)22-21-31-28(3)24-30-25-29(26-32(30)31)20-17-16-18-23-36-38(10,11)34(4,5)6/h20-22,27-28,30-33H,16-19,23-26H2,1-13H3/b22-21+,29-20+/t27?,28-,30-,31+,32+,33-/m1/s1. The van der Waals surface area contributed by atoms with Crippen LogP contribution in [0.5, 0.6) is 0 Å². The largest absolute Gasteiger partial charge is 0.417 e. The monoisotopic (exact) mass is 572 g/mol. The van der Waals surface area contributed by atoms with Crippen molar-refractivity contribution >= 4 is 16.6 Å². The molecule has 0 amide bonds. The Bertz CT molecular complexity index is 890. The van der Waals surface area contributed by atoms with Crippen LogP contribution in [-0.4, -0.2) is 29.3 Å². The lowest BCUT2D eigenvalue weighted by Gasteiger charge is -2.40. The molecule has 0 aromatic heterocycles. The molecule has 0 heterocycles. The van der Waals surface area contributed by atoms with E-state index in [0.717, 1.165) is 30.8 Å². The fraction of sp³-hybridized carbons (Fsp3) is 0.829. The first-order valence-corrected chi connectivity index (χ1v) is 21.8. The van der Waals surface area contributed by atoms with Crippen LogP contribution in [0.4, 0.5) is 0 Å². The van der Waals surface area contributed by atoms with Gasteiger partial charge in [-0.25, -0.2) is 0 Å². The van der Waals surface area contributed by atoms with Crippen molar-refractivity contribution in [1.29, 1.82) is 0 Å². The van der Waals surface area contributed by atoms with Crippen molar-refractivity contribution in [2.45, 2.75) is 150 Å². The predicted octanol–water partition coefficient (Wildman–Crippen LogP) is 10.8. The maximum Gasteiger partial charge on any atom is 0.192 e. The van der Waals surface area contributed by atoms with Gasteiger partial charge in [-0.05, 0) is 111 Å². The van der Waals surface area contributed by atoms with E-state index in [9.17, 15) is 0 Å². The lowest BCUT2D eigenvalue weighted by atomic mass is 9.86. The van der Waals surface area contributed by atoms with Crippen molar-refractivity contribution in [3.05, 3.63) is 23.8 Å². The molecule has 224 valence electrons. The molecule has 0 aromatic rings. The highest BCUT2D eigenvalue weighted by Crippen LogP contribution is 2.53. The van der Waals surface area contributed by atoms with Gasteiger partial charge in [-0.1, -0.05) is 79.2 Å². The van der Waals surface area contributed by atoms with E-state index in [1.807, 2.05) is 6.92 Å². The molecule has 0 spiro atoms. The van der Waals surface area contributed by atoms with Gasteiger partial charge >= 0.3 is 0 Å². The average molecular weight is 573 g/mol. The fourth-order valence-electron chi connectivity index (χ4n) is 5.88. The quantitative estimate of drug-likeness (QED) is 0.100. The fourth-order valence-corrected chi connectivity index (χ4v) is 8.31. The van der Waals surface area contributed by atoms with Gasteiger partial charge in [-0.15, -0.1) is 11.8 Å². The summed E-state index contributed by atoms with van der Waals surface area (Å²) < 4.78 is 13.4. The Hall–Kier alpha value is -0.606. The normalized spacial score (nSPS) is 27.1. The summed E-state index contributed by atoms with van der Waals surface area (Å²) in [6.45, 7) is 31.2. The summed E-state index contributed by atoms with van der Waals surface area (Å²) in [7, 11) is -3.47. The third kappa shape index (κ3) is 9.73. The Morgan fingerprint density at radius 1 is 0.974 bits per heavy atom. The molecule has 2 aliphatic rings. The smallest absolute Gasteiger partial charge is 0.192 e. The second-order valence-corrected chi connectivity index (χ2v) is 25.5. The van der Waals surface area contributed by atoms with E-state index >= 15 is 0 Å². The highest BCUT2D eigenvalue weighted by atomic mass is 28.4. The molecule has 2 saturated carbocycles. The van der Waals surface area contributed by atoms with Gasteiger partial charge in [0, 0.05) is 13.0 Å². The molecule has 4 heteroatoms. The lowest BCUT2D eigenvalue weighted by Crippen LogP contribution is -2.45. The molecule has 2 rings (SSSR count). The van der Waals surface area contributed by atoms with Crippen LogP contribution in [0.2, 0.25) is 36.3 Å². The molecule has 0 aliphatic heterocycles. The minimum absolute atomic E-state index is 0.156. The van der Waals surface area contributed by atoms with Crippen LogP contribution in [0.15, 0.2) is 23.8 Å². The van der Waals surface area contributed by atoms with E-state index in [0.29, 0.717) is 16.9 Å². The summed E-state index contributed by atoms with van der Waals surface area (Å²) in [6.07, 6.45) is 16.3. The third-order valence-corrected chi connectivity index (χ3v) is 19.7. The van der Waals surface area contributed by atoms with Crippen LogP contribution in [-0.2, 0) is 8.85 Å². The first kappa shape index (κ1) is 34.6. The molecular weight excluding hydrogens is 509 g/mol. The predicted molar refractivity (Wildman–Crippen MR) is 177 cm³/mol. The maximum atomic E-state index is 6.98. The molecule has 1 unspecified atom stereocenters. The summed E-state index contributed by atoms with van der Waals surface area (Å²) in [5.41, 5.74) is 1.72. The Kier molecular flexibility index (Phi) is 12.5.